The minimum Gasteiger partial charge on any atom is -0.496 e. The van der Waals surface area contributed by atoms with E-state index in [1.54, 1.807) is 18.4 Å². The summed E-state index contributed by atoms with van der Waals surface area (Å²) < 4.78 is 6.72. The first-order valence-corrected chi connectivity index (χ1v) is 7.22. The van der Waals surface area contributed by atoms with Crippen molar-refractivity contribution in [2.24, 2.45) is 0 Å². The molecule has 0 aliphatic carbocycles. The van der Waals surface area contributed by atoms with Crippen molar-refractivity contribution in [1.82, 2.24) is 4.98 Å². The summed E-state index contributed by atoms with van der Waals surface area (Å²) in [4.78, 5) is 6.75. The third-order valence-corrected chi connectivity index (χ3v) is 4.30. The predicted molar refractivity (Wildman–Crippen MR) is 85.9 cm³/mol. The summed E-state index contributed by atoms with van der Waals surface area (Å²) >= 11 is 1.69. The lowest BCUT2D eigenvalue weighted by Gasteiger charge is -2.15. The molecule has 3 aromatic rings. The van der Waals surface area contributed by atoms with Crippen LogP contribution in [-0.2, 0) is 0 Å². The average Bonchev–Trinajstić information content (AvgIpc) is 2.90. The second-order valence-corrected chi connectivity index (χ2v) is 5.80. The molecule has 0 amide bonds. The average molecular weight is 284 g/mol. The minimum atomic E-state index is 0.857. The molecule has 0 aliphatic heterocycles. The first kappa shape index (κ1) is 12.9. The highest BCUT2D eigenvalue weighted by molar-refractivity contribution is 7.21. The predicted octanol–water partition coefficient (Wildman–Crippen LogP) is 4.04. The highest BCUT2D eigenvalue weighted by Crippen LogP contribution is 2.37. The number of aromatic nitrogens is 1. The van der Waals surface area contributed by atoms with E-state index >= 15 is 0 Å². The van der Waals surface area contributed by atoms with Gasteiger partial charge in [0.1, 0.15) is 10.8 Å². The fourth-order valence-electron chi connectivity index (χ4n) is 2.12. The first-order chi connectivity index (χ1) is 9.69. The van der Waals surface area contributed by atoms with Crippen molar-refractivity contribution in [3.05, 3.63) is 42.5 Å². The van der Waals surface area contributed by atoms with Crippen molar-refractivity contribution < 1.29 is 4.74 Å². The molecule has 20 heavy (non-hydrogen) atoms. The number of thiazole rings is 1. The number of hydrogen-bond donors (Lipinski definition) is 0. The Balaban J connectivity index is 2.13. The van der Waals surface area contributed by atoms with Crippen LogP contribution >= 0.6 is 11.3 Å². The molecule has 0 fully saturated rings. The number of para-hydroxylation sites is 1. The van der Waals surface area contributed by atoms with Crippen molar-refractivity contribution in [2.75, 3.05) is 26.1 Å². The van der Waals surface area contributed by atoms with Gasteiger partial charge in [-0.25, -0.2) is 4.98 Å². The highest BCUT2D eigenvalue weighted by atomic mass is 32.1. The molecule has 0 atom stereocenters. The first-order valence-electron chi connectivity index (χ1n) is 6.40. The van der Waals surface area contributed by atoms with Gasteiger partial charge in [-0.3, -0.25) is 0 Å². The molecule has 0 spiro atoms. The number of methoxy groups -OCH3 is 1. The Morgan fingerprint density at radius 2 is 1.90 bits per heavy atom. The summed E-state index contributed by atoms with van der Waals surface area (Å²) in [5, 5.41) is 0.994. The van der Waals surface area contributed by atoms with Crippen LogP contribution in [0.1, 0.15) is 0 Å². The molecule has 0 bridgehead atoms. The lowest BCUT2D eigenvalue weighted by Crippen LogP contribution is -2.08. The van der Waals surface area contributed by atoms with Gasteiger partial charge in [-0.2, -0.15) is 0 Å². The molecular weight excluding hydrogens is 268 g/mol. The molecule has 0 aliphatic rings. The van der Waals surface area contributed by atoms with Crippen molar-refractivity contribution in [3.63, 3.8) is 0 Å². The maximum absolute atomic E-state index is 5.53. The standard InChI is InChI=1S/C16H16N2OS/c1-18(2)11-8-9-12(14(10-11)19-3)16-17-13-6-4-5-7-15(13)20-16/h4-10H,1-3H3. The zero-order chi connectivity index (χ0) is 14.1. The number of benzene rings is 2. The topological polar surface area (TPSA) is 25.4 Å². The van der Waals surface area contributed by atoms with Gasteiger partial charge in [0, 0.05) is 25.8 Å². The Morgan fingerprint density at radius 1 is 1.10 bits per heavy atom. The van der Waals surface area contributed by atoms with E-state index < -0.39 is 0 Å². The molecule has 0 saturated carbocycles. The fourth-order valence-corrected chi connectivity index (χ4v) is 3.12. The lowest BCUT2D eigenvalue weighted by molar-refractivity contribution is 0.416. The largest absolute Gasteiger partial charge is 0.496 e. The molecule has 3 nitrogen and oxygen atoms in total. The van der Waals surface area contributed by atoms with Crippen molar-refractivity contribution in [3.8, 4) is 16.3 Å². The molecule has 1 heterocycles. The van der Waals surface area contributed by atoms with Crippen LogP contribution in [-0.4, -0.2) is 26.2 Å². The van der Waals surface area contributed by atoms with Crippen molar-refractivity contribution in [1.29, 1.82) is 0 Å². The normalized spacial score (nSPS) is 10.8. The monoisotopic (exact) mass is 284 g/mol. The van der Waals surface area contributed by atoms with Crippen LogP contribution < -0.4 is 9.64 Å². The third-order valence-electron chi connectivity index (χ3n) is 3.23. The molecule has 2 aromatic carbocycles. The summed E-state index contributed by atoms with van der Waals surface area (Å²) in [6.45, 7) is 0. The summed E-state index contributed by atoms with van der Waals surface area (Å²) in [5.41, 5.74) is 3.19. The number of hydrogen-bond acceptors (Lipinski definition) is 4. The Morgan fingerprint density at radius 3 is 2.60 bits per heavy atom. The maximum atomic E-state index is 5.53. The Kier molecular flexibility index (Phi) is 3.32. The van der Waals surface area contributed by atoms with Gasteiger partial charge in [-0.05, 0) is 24.3 Å². The molecule has 0 N–H and O–H groups in total. The quantitative estimate of drug-likeness (QED) is 0.726. The van der Waals surface area contributed by atoms with Gasteiger partial charge < -0.3 is 9.64 Å². The second kappa shape index (κ2) is 5.13. The zero-order valence-corrected chi connectivity index (χ0v) is 12.6. The molecular formula is C16H16N2OS. The van der Waals surface area contributed by atoms with E-state index in [0.717, 1.165) is 27.5 Å². The van der Waals surface area contributed by atoms with E-state index in [-0.39, 0.29) is 0 Å². The molecule has 0 unspecified atom stereocenters. The van der Waals surface area contributed by atoms with Gasteiger partial charge in [0.25, 0.3) is 0 Å². The van der Waals surface area contributed by atoms with Crippen LogP contribution in [0.3, 0.4) is 0 Å². The summed E-state index contributed by atoms with van der Waals surface area (Å²) in [6.07, 6.45) is 0. The van der Waals surface area contributed by atoms with E-state index in [0.29, 0.717) is 0 Å². The van der Waals surface area contributed by atoms with Crippen LogP contribution in [0.2, 0.25) is 0 Å². The molecule has 1 aromatic heterocycles. The summed E-state index contributed by atoms with van der Waals surface area (Å²) in [5.74, 6) is 0.857. The number of anilines is 1. The van der Waals surface area contributed by atoms with Crippen LogP contribution in [0.25, 0.3) is 20.8 Å². The Hall–Kier alpha value is -2.07. The van der Waals surface area contributed by atoms with Crippen molar-refractivity contribution >= 4 is 27.2 Å². The molecule has 4 heteroatoms. The lowest BCUT2D eigenvalue weighted by atomic mass is 10.2. The van der Waals surface area contributed by atoms with Crippen LogP contribution in [0.15, 0.2) is 42.5 Å². The summed E-state index contributed by atoms with van der Waals surface area (Å²) in [6, 6.07) is 14.4. The summed E-state index contributed by atoms with van der Waals surface area (Å²) in [7, 11) is 5.74. The Bertz CT molecular complexity index is 716. The number of ether oxygens (including phenoxy) is 1. The number of fused-ring (bicyclic) bond motifs is 1. The zero-order valence-electron chi connectivity index (χ0n) is 11.8. The molecule has 102 valence electrons. The van der Waals surface area contributed by atoms with E-state index in [1.165, 1.54) is 4.70 Å². The van der Waals surface area contributed by atoms with Gasteiger partial charge >= 0.3 is 0 Å². The van der Waals surface area contributed by atoms with Gasteiger partial charge in [0.05, 0.1) is 22.9 Å². The fraction of sp³-hybridized carbons (Fsp3) is 0.188. The highest BCUT2D eigenvalue weighted by Gasteiger charge is 2.12. The number of nitrogens with zero attached hydrogens (tertiary/aromatic N) is 2. The van der Waals surface area contributed by atoms with Crippen LogP contribution in [0.5, 0.6) is 5.75 Å². The smallest absolute Gasteiger partial charge is 0.131 e. The van der Waals surface area contributed by atoms with E-state index in [4.69, 9.17) is 9.72 Å². The van der Waals surface area contributed by atoms with Gasteiger partial charge in [-0.15, -0.1) is 11.3 Å². The molecule has 3 rings (SSSR count). The van der Waals surface area contributed by atoms with Gasteiger partial charge in [0.2, 0.25) is 0 Å². The van der Waals surface area contributed by atoms with E-state index in [2.05, 4.69) is 23.1 Å². The van der Waals surface area contributed by atoms with Crippen molar-refractivity contribution in [2.45, 2.75) is 0 Å². The third kappa shape index (κ3) is 2.23. The second-order valence-electron chi connectivity index (χ2n) is 4.77. The minimum absolute atomic E-state index is 0.857. The maximum Gasteiger partial charge on any atom is 0.131 e. The van der Waals surface area contributed by atoms with E-state index in [9.17, 15) is 0 Å². The SMILES string of the molecule is COc1cc(N(C)C)ccc1-c1nc2ccccc2s1. The van der Waals surface area contributed by atoms with E-state index in [1.807, 2.05) is 38.4 Å². The number of rotatable bonds is 3. The molecule has 0 radical (unpaired) electrons. The van der Waals surface area contributed by atoms with Crippen LogP contribution in [0, 0.1) is 0 Å². The van der Waals surface area contributed by atoms with Crippen LogP contribution in [0.4, 0.5) is 5.69 Å². The van der Waals surface area contributed by atoms with Gasteiger partial charge in [0.15, 0.2) is 0 Å². The Labute approximate surface area is 122 Å². The van der Waals surface area contributed by atoms with Gasteiger partial charge in [-0.1, -0.05) is 12.1 Å². The molecule has 0 saturated heterocycles.